The molecule has 0 aliphatic carbocycles. The Labute approximate surface area is 143 Å². The molecule has 0 spiro atoms. The van der Waals surface area contributed by atoms with E-state index in [0.717, 1.165) is 37.7 Å². The highest BCUT2D eigenvalue weighted by Crippen LogP contribution is 2.25. The second-order valence-corrected chi connectivity index (χ2v) is 7.23. The summed E-state index contributed by atoms with van der Waals surface area (Å²) in [5.41, 5.74) is 5.57. The Kier molecular flexibility index (Phi) is 4.79. The smallest absolute Gasteiger partial charge is 0.250 e. The second kappa shape index (κ2) is 6.82. The molecule has 122 valence electrons. The van der Waals surface area contributed by atoms with Crippen LogP contribution in [0.4, 0.5) is 5.82 Å². The standard InChI is InChI=1S/C15H18ClN5OS/c1-10-18-8-12(23-10)9-20-2-4-21(5-3-20)15-13(16)6-11(7-19-15)14(17)22/h6-8H,2-5,9H2,1H3,(H2,17,22). The predicted octanol–water partition coefficient (Wildman–Crippen LogP) is 1.92. The van der Waals surface area contributed by atoms with E-state index in [4.69, 9.17) is 17.3 Å². The van der Waals surface area contributed by atoms with Crippen LogP contribution >= 0.6 is 22.9 Å². The maximum absolute atomic E-state index is 11.2. The lowest BCUT2D eigenvalue weighted by molar-refractivity contribution is 0.1000. The predicted molar refractivity (Wildman–Crippen MR) is 92.1 cm³/mol. The average Bonchev–Trinajstić information content (AvgIpc) is 2.93. The van der Waals surface area contributed by atoms with E-state index >= 15 is 0 Å². The van der Waals surface area contributed by atoms with Crippen LogP contribution in [0, 0.1) is 6.92 Å². The van der Waals surface area contributed by atoms with Gasteiger partial charge in [0, 0.05) is 50.0 Å². The molecule has 23 heavy (non-hydrogen) atoms. The lowest BCUT2D eigenvalue weighted by Gasteiger charge is -2.35. The molecule has 0 atom stereocenters. The van der Waals surface area contributed by atoms with Crippen LogP contribution < -0.4 is 10.6 Å². The maximum atomic E-state index is 11.2. The van der Waals surface area contributed by atoms with Crippen molar-refractivity contribution in [3.05, 3.63) is 38.9 Å². The van der Waals surface area contributed by atoms with Gasteiger partial charge in [0.2, 0.25) is 5.91 Å². The number of nitrogens with zero attached hydrogens (tertiary/aromatic N) is 4. The van der Waals surface area contributed by atoms with Crippen molar-refractivity contribution in [1.29, 1.82) is 0 Å². The van der Waals surface area contributed by atoms with Crippen molar-refractivity contribution in [1.82, 2.24) is 14.9 Å². The number of thiazole rings is 1. The Morgan fingerprint density at radius 3 is 2.61 bits per heavy atom. The van der Waals surface area contributed by atoms with E-state index in [1.54, 1.807) is 17.4 Å². The number of hydrogen-bond acceptors (Lipinski definition) is 6. The molecular formula is C15H18ClN5OS. The summed E-state index contributed by atoms with van der Waals surface area (Å²) in [7, 11) is 0. The number of hydrogen-bond donors (Lipinski definition) is 1. The number of pyridine rings is 1. The number of piperazine rings is 1. The monoisotopic (exact) mass is 351 g/mol. The third-order valence-electron chi connectivity index (χ3n) is 3.83. The maximum Gasteiger partial charge on any atom is 0.250 e. The number of amides is 1. The molecule has 8 heteroatoms. The summed E-state index contributed by atoms with van der Waals surface area (Å²) in [5, 5.41) is 1.57. The summed E-state index contributed by atoms with van der Waals surface area (Å²) in [6.45, 7) is 6.52. The van der Waals surface area contributed by atoms with Gasteiger partial charge in [0.05, 0.1) is 15.6 Å². The van der Waals surface area contributed by atoms with Crippen LogP contribution in [0.15, 0.2) is 18.5 Å². The van der Waals surface area contributed by atoms with Crippen LogP contribution in [0.3, 0.4) is 0 Å². The topological polar surface area (TPSA) is 75.3 Å². The van der Waals surface area contributed by atoms with Gasteiger partial charge in [0.25, 0.3) is 0 Å². The van der Waals surface area contributed by atoms with Crippen molar-refractivity contribution in [3.8, 4) is 0 Å². The van der Waals surface area contributed by atoms with E-state index in [-0.39, 0.29) is 0 Å². The highest BCUT2D eigenvalue weighted by molar-refractivity contribution is 7.11. The summed E-state index contributed by atoms with van der Waals surface area (Å²) in [6.07, 6.45) is 3.43. The molecule has 1 aliphatic heterocycles. The molecule has 1 amide bonds. The number of anilines is 1. The zero-order valence-corrected chi connectivity index (χ0v) is 14.4. The lowest BCUT2D eigenvalue weighted by atomic mass is 10.2. The fourth-order valence-corrected chi connectivity index (χ4v) is 3.74. The van der Waals surface area contributed by atoms with E-state index in [1.165, 1.54) is 11.1 Å². The molecule has 0 saturated carbocycles. The second-order valence-electron chi connectivity index (χ2n) is 5.50. The van der Waals surface area contributed by atoms with Gasteiger partial charge in [-0.2, -0.15) is 0 Å². The van der Waals surface area contributed by atoms with Gasteiger partial charge in [-0.3, -0.25) is 9.69 Å². The minimum atomic E-state index is -0.518. The number of aryl methyl sites for hydroxylation is 1. The minimum Gasteiger partial charge on any atom is -0.366 e. The normalized spacial score (nSPS) is 15.8. The zero-order valence-electron chi connectivity index (χ0n) is 12.8. The Morgan fingerprint density at radius 1 is 1.30 bits per heavy atom. The average molecular weight is 352 g/mol. The number of carbonyl (C=O) groups is 1. The van der Waals surface area contributed by atoms with E-state index in [2.05, 4.69) is 19.8 Å². The number of halogens is 1. The molecule has 3 rings (SSSR count). The number of rotatable bonds is 4. The van der Waals surface area contributed by atoms with Crippen LogP contribution in [-0.4, -0.2) is 47.0 Å². The highest BCUT2D eigenvalue weighted by atomic mass is 35.5. The summed E-state index contributed by atoms with van der Waals surface area (Å²) >= 11 is 7.99. The zero-order chi connectivity index (χ0) is 16.4. The van der Waals surface area contributed by atoms with Gasteiger partial charge in [0.1, 0.15) is 5.82 Å². The Bertz CT molecular complexity index is 712. The van der Waals surface area contributed by atoms with E-state index in [0.29, 0.717) is 16.4 Å². The fourth-order valence-electron chi connectivity index (χ4n) is 2.61. The molecule has 1 fully saturated rings. The van der Waals surface area contributed by atoms with Crippen LogP contribution in [0.5, 0.6) is 0 Å². The molecular weight excluding hydrogens is 334 g/mol. The van der Waals surface area contributed by atoms with E-state index in [9.17, 15) is 4.79 Å². The molecule has 0 radical (unpaired) electrons. The van der Waals surface area contributed by atoms with Crippen molar-refractivity contribution in [2.45, 2.75) is 13.5 Å². The number of nitrogens with two attached hydrogens (primary N) is 1. The van der Waals surface area contributed by atoms with Crippen LogP contribution in [0.25, 0.3) is 0 Å². The minimum absolute atomic E-state index is 0.331. The van der Waals surface area contributed by atoms with Crippen molar-refractivity contribution in [2.75, 3.05) is 31.1 Å². The van der Waals surface area contributed by atoms with Crippen molar-refractivity contribution in [2.24, 2.45) is 5.73 Å². The van der Waals surface area contributed by atoms with Gasteiger partial charge in [-0.05, 0) is 13.0 Å². The van der Waals surface area contributed by atoms with Gasteiger partial charge in [-0.15, -0.1) is 11.3 Å². The van der Waals surface area contributed by atoms with Gasteiger partial charge >= 0.3 is 0 Å². The Morgan fingerprint density at radius 2 is 2.04 bits per heavy atom. The first-order chi connectivity index (χ1) is 11.0. The first-order valence-electron chi connectivity index (χ1n) is 7.37. The van der Waals surface area contributed by atoms with Gasteiger partial charge in [-0.1, -0.05) is 11.6 Å². The van der Waals surface area contributed by atoms with E-state index < -0.39 is 5.91 Å². The summed E-state index contributed by atoms with van der Waals surface area (Å²) in [4.78, 5) is 25.6. The molecule has 0 aromatic carbocycles. The van der Waals surface area contributed by atoms with Gasteiger partial charge in [0.15, 0.2) is 0 Å². The molecule has 0 bridgehead atoms. The van der Waals surface area contributed by atoms with E-state index in [1.807, 2.05) is 13.1 Å². The first-order valence-corrected chi connectivity index (χ1v) is 8.56. The largest absolute Gasteiger partial charge is 0.366 e. The van der Waals surface area contributed by atoms with Gasteiger partial charge < -0.3 is 10.6 Å². The summed E-state index contributed by atoms with van der Waals surface area (Å²) < 4.78 is 0. The lowest BCUT2D eigenvalue weighted by Crippen LogP contribution is -2.46. The molecule has 2 aromatic rings. The third kappa shape index (κ3) is 3.80. The van der Waals surface area contributed by atoms with Crippen LogP contribution in [0.2, 0.25) is 5.02 Å². The summed E-state index contributed by atoms with van der Waals surface area (Å²) in [6, 6.07) is 1.58. The molecule has 0 unspecified atom stereocenters. The Hall–Kier alpha value is -1.70. The number of carbonyl (C=O) groups excluding carboxylic acids is 1. The first kappa shape index (κ1) is 16.2. The number of aromatic nitrogens is 2. The molecule has 6 nitrogen and oxygen atoms in total. The molecule has 2 N–H and O–H groups in total. The molecule has 2 aromatic heterocycles. The van der Waals surface area contributed by atoms with Gasteiger partial charge in [-0.25, -0.2) is 9.97 Å². The van der Waals surface area contributed by atoms with Crippen LogP contribution in [-0.2, 0) is 6.54 Å². The SMILES string of the molecule is Cc1ncc(CN2CCN(c3ncc(C(N)=O)cc3Cl)CC2)s1. The third-order valence-corrected chi connectivity index (χ3v) is 5.00. The quantitative estimate of drug-likeness (QED) is 0.910. The highest BCUT2D eigenvalue weighted by Gasteiger charge is 2.21. The van der Waals surface area contributed by atoms with Crippen molar-refractivity contribution >= 4 is 34.7 Å². The molecule has 3 heterocycles. The number of primary amides is 1. The Balaban J connectivity index is 1.61. The molecule has 1 saturated heterocycles. The van der Waals surface area contributed by atoms with Crippen molar-refractivity contribution in [3.63, 3.8) is 0 Å². The fraction of sp³-hybridized carbons (Fsp3) is 0.400. The van der Waals surface area contributed by atoms with Crippen LogP contribution in [0.1, 0.15) is 20.2 Å². The summed E-state index contributed by atoms with van der Waals surface area (Å²) in [5.74, 6) is 0.195. The van der Waals surface area contributed by atoms with Crippen molar-refractivity contribution < 1.29 is 4.79 Å². The molecule has 1 aliphatic rings.